The maximum Gasteiger partial charge on any atom is 0.0858 e. The molecule has 14 heavy (non-hydrogen) atoms. The summed E-state index contributed by atoms with van der Waals surface area (Å²) in [6.45, 7) is 2.77. The van der Waals surface area contributed by atoms with Crippen LogP contribution in [0.2, 0.25) is 5.02 Å². The fraction of sp³-hybridized carbons (Fsp3) is 0.667. The number of thioether (sulfide) groups is 1. The van der Waals surface area contributed by atoms with Gasteiger partial charge in [-0.2, -0.15) is 16.9 Å². The van der Waals surface area contributed by atoms with Gasteiger partial charge in [0.15, 0.2) is 0 Å². The molecular formula is C9H16ClN3S. The Hall–Kier alpha value is -0.190. The van der Waals surface area contributed by atoms with Crippen LogP contribution in [-0.2, 0) is 19.2 Å². The van der Waals surface area contributed by atoms with Gasteiger partial charge in [0.25, 0.3) is 0 Å². The van der Waals surface area contributed by atoms with E-state index in [0.29, 0.717) is 6.54 Å². The van der Waals surface area contributed by atoms with Crippen molar-refractivity contribution in [3.8, 4) is 0 Å². The Kier molecular flexibility index (Phi) is 4.78. The first kappa shape index (κ1) is 11.9. The van der Waals surface area contributed by atoms with Crippen molar-refractivity contribution in [3.05, 3.63) is 16.4 Å². The lowest BCUT2D eigenvalue weighted by molar-refractivity contribution is 0.720. The summed E-state index contributed by atoms with van der Waals surface area (Å²) in [5.74, 6) is 1.85. The number of hydrogen-bond donors (Lipinski definition) is 1. The molecule has 0 aliphatic heterocycles. The van der Waals surface area contributed by atoms with Crippen molar-refractivity contribution in [1.82, 2.24) is 9.78 Å². The van der Waals surface area contributed by atoms with Gasteiger partial charge in [-0.05, 0) is 6.42 Å². The first-order chi connectivity index (χ1) is 6.70. The highest BCUT2D eigenvalue weighted by Gasteiger charge is 2.11. The van der Waals surface area contributed by atoms with Crippen LogP contribution in [0.15, 0.2) is 0 Å². The van der Waals surface area contributed by atoms with Gasteiger partial charge in [0.2, 0.25) is 0 Å². The Labute approximate surface area is 94.0 Å². The predicted molar refractivity (Wildman–Crippen MR) is 62.8 cm³/mol. The number of nitrogens with zero attached hydrogens (tertiary/aromatic N) is 2. The molecule has 0 saturated carbocycles. The summed E-state index contributed by atoms with van der Waals surface area (Å²) >= 11 is 7.97. The van der Waals surface area contributed by atoms with Gasteiger partial charge in [-0.25, -0.2) is 0 Å². The van der Waals surface area contributed by atoms with Crippen molar-refractivity contribution in [3.63, 3.8) is 0 Å². The normalized spacial score (nSPS) is 10.9. The number of rotatable bonds is 5. The number of aromatic nitrogens is 2. The molecule has 5 heteroatoms. The van der Waals surface area contributed by atoms with E-state index in [1.165, 1.54) is 0 Å². The molecule has 1 aromatic rings. The van der Waals surface area contributed by atoms with Crippen molar-refractivity contribution in [1.29, 1.82) is 0 Å². The van der Waals surface area contributed by atoms with Gasteiger partial charge < -0.3 is 5.73 Å². The lowest BCUT2D eigenvalue weighted by atomic mass is 10.3. The average molecular weight is 234 g/mol. The molecule has 0 saturated heterocycles. The zero-order chi connectivity index (χ0) is 10.6. The third kappa shape index (κ3) is 2.65. The Balaban J connectivity index is 2.70. The lowest BCUT2D eigenvalue weighted by Gasteiger charge is -2.01. The monoisotopic (exact) mass is 233 g/mol. The van der Waals surface area contributed by atoms with Gasteiger partial charge in [0.1, 0.15) is 0 Å². The smallest absolute Gasteiger partial charge is 0.0858 e. The molecule has 0 aromatic carbocycles. The minimum atomic E-state index is 0.709. The van der Waals surface area contributed by atoms with Crippen molar-refractivity contribution in [2.24, 2.45) is 12.8 Å². The molecule has 1 heterocycles. The summed E-state index contributed by atoms with van der Waals surface area (Å²) in [7, 11) is 1.93. The second kappa shape index (κ2) is 5.63. The summed E-state index contributed by atoms with van der Waals surface area (Å²) in [6, 6.07) is 0. The van der Waals surface area contributed by atoms with Gasteiger partial charge >= 0.3 is 0 Å². The van der Waals surface area contributed by atoms with Crippen LogP contribution < -0.4 is 5.73 Å². The van der Waals surface area contributed by atoms with E-state index in [1.807, 2.05) is 11.7 Å². The topological polar surface area (TPSA) is 43.8 Å². The largest absolute Gasteiger partial charge is 0.330 e. The summed E-state index contributed by atoms with van der Waals surface area (Å²) in [4.78, 5) is 0. The lowest BCUT2D eigenvalue weighted by Crippen LogP contribution is -2.03. The Bertz CT molecular complexity index is 298. The second-order valence-corrected chi connectivity index (χ2v) is 4.51. The van der Waals surface area contributed by atoms with Crippen LogP contribution in [0.1, 0.15) is 18.3 Å². The van der Waals surface area contributed by atoms with E-state index in [1.54, 1.807) is 11.8 Å². The van der Waals surface area contributed by atoms with Crippen LogP contribution in [0.4, 0.5) is 0 Å². The van der Waals surface area contributed by atoms with E-state index in [2.05, 4.69) is 12.0 Å². The molecule has 0 radical (unpaired) electrons. The van der Waals surface area contributed by atoms with E-state index in [0.717, 1.165) is 34.3 Å². The SMILES string of the molecule is CCc1nn(C)c(CSCCN)c1Cl. The summed E-state index contributed by atoms with van der Waals surface area (Å²) in [6.07, 6.45) is 0.883. The second-order valence-electron chi connectivity index (χ2n) is 3.03. The Morgan fingerprint density at radius 2 is 2.29 bits per heavy atom. The van der Waals surface area contributed by atoms with Crippen molar-refractivity contribution < 1.29 is 0 Å². The standard InChI is InChI=1S/C9H16ClN3S/c1-3-7-9(10)8(13(2)12-7)6-14-5-4-11/h3-6,11H2,1-2H3. The van der Waals surface area contributed by atoms with Gasteiger partial charge in [0.05, 0.1) is 16.4 Å². The molecule has 0 aliphatic carbocycles. The average Bonchev–Trinajstić information content (AvgIpc) is 2.45. The van der Waals surface area contributed by atoms with Gasteiger partial charge in [0, 0.05) is 25.1 Å². The third-order valence-electron chi connectivity index (χ3n) is 2.00. The minimum Gasteiger partial charge on any atom is -0.330 e. The molecule has 0 atom stereocenters. The molecule has 80 valence electrons. The van der Waals surface area contributed by atoms with Crippen LogP contribution in [0.25, 0.3) is 0 Å². The predicted octanol–water partition coefficient (Wildman–Crippen LogP) is 1.83. The van der Waals surface area contributed by atoms with Crippen molar-refractivity contribution in [2.45, 2.75) is 19.1 Å². The number of nitrogens with two attached hydrogens (primary N) is 1. The summed E-state index contributed by atoms with van der Waals surface area (Å²) < 4.78 is 1.87. The summed E-state index contributed by atoms with van der Waals surface area (Å²) in [5.41, 5.74) is 7.51. The van der Waals surface area contributed by atoms with Crippen LogP contribution in [0, 0.1) is 0 Å². The first-order valence-corrected chi connectivity index (χ1v) is 6.22. The number of aryl methyl sites for hydroxylation is 2. The van der Waals surface area contributed by atoms with Gasteiger partial charge in [-0.1, -0.05) is 18.5 Å². The highest BCUT2D eigenvalue weighted by molar-refractivity contribution is 7.98. The third-order valence-corrected chi connectivity index (χ3v) is 3.44. The van der Waals surface area contributed by atoms with Crippen LogP contribution in [0.5, 0.6) is 0 Å². The molecule has 0 spiro atoms. The van der Waals surface area contributed by atoms with Crippen LogP contribution >= 0.6 is 23.4 Å². The minimum absolute atomic E-state index is 0.709. The number of hydrogen-bond acceptors (Lipinski definition) is 3. The Morgan fingerprint density at radius 1 is 1.57 bits per heavy atom. The Morgan fingerprint density at radius 3 is 2.79 bits per heavy atom. The number of halogens is 1. The zero-order valence-electron chi connectivity index (χ0n) is 8.59. The highest BCUT2D eigenvalue weighted by atomic mass is 35.5. The molecule has 0 unspecified atom stereocenters. The van der Waals surface area contributed by atoms with Crippen LogP contribution in [0.3, 0.4) is 0 Å². The first-order valence-electron chi connectivity index (χ1n) is 4.68. The van der Waals surface area contributed by atoms with E-state index >= 15 is 0 Å². The quantitative estimate of drug-likeness (QED) is 0.790. The molecule has 1 rings (SSSR count). The van der Waals surface area contributed by atoms with E-state index in [-0.39, 0.29) is 0 Å². The van der Waals surface area contributed by atoms with Crippen molar-refractivity contribution >= 4 is 23.4 Å². The summed E-state index contributed by atoms with van der Waals surface area (Å²) in [5, 5.41) is 5.17. The molecule has 0 aliphatic rings. The fourth-order valence-corrected chi connectivity index (χ4v) is 2.50. The fourth-order valence-electron chi connectivity index (χ4n) is 1.23. The molecule has 0 amide bonds. The van der Waals surface area contributed by atoms with E-state index in [9.17, 15) is 0 Å². The maximum absolute atomic E-state index is 6.18. The zero-order valence-corrected chi connectivity index (χ0v) is 10.2. The highest BCUT2D eigenvalue weighted by Crippen LogP contribution is 2.24. The molecule has 2 N–H and O–H groups in total. The molecular weight excluding hydrogens is 218 g/mol. The van der Waals surface area contributed by atoms with E-state index in [4.69, 9.17) is 17.3 Å². The van der Waals surface area contributed by atoms with Gasteiger partial charge in [-0.3, -0.25) is 4.68 Å². The van der Waals surface area contributed by atoms with Crippen LogP contribution in [-0.4, -0.2) is 22.1 Å². The molecule has 0 fully saturated rings. The van der Waals surface area contributed by atoms with Gasteiger partial charge in [-0.15, -0.1) is 0 Å². The van der Waals surface area contributed by atoms with Crippen molar-refractivity contribution in [2.75, 3.05) is 12.3 Å². The maximum atomic E-state index is 6.18. The van der Waals surface area contributed by atoms with E-state index < -0.39 is 0 Å². The molecule has 3 nitrogen and oxygen atoms in total. The molecule has 0 bridgehead atoms. The molecule has 1 aromatic heterocycles.